The number of aromatic amines is 1. The maximum atomic E-state index is 12.2. The Bertz CT molecular complexity index is 1110. The molecule has 4 rings (SSSR count). The summed E-state index contributed by atoms with van der Waals surface area (Å²) >= 11 is 0. The van der Waals surface area contributed by atoms with E-state index in [1.54, 1.807) is 13.2 Å². The van der Waals surface area contributed by atoms with Crippen LogP contribution in [0, 0.1) is 0 Å². The lowest BCUT2D eigenvalue weighted by Gasteiger charge is -2.05. The molecule has 3 aromatic carbocycles. The standard InChI is InChI=1S/C23H19N3O2/c1-28-21-9-5-2-6-16(21)12-15-22(27)24-18-13-10-17(11-14-18)23-25-19-7-3-4-8-20(19)26-23/h2-15H,1H3,(H,24,27)(H,25,26)/b15-12+. The molecule has 0 aliphatic heterocycles. The molecule has 4 aromatic rings. The number of amides is 1. The number of ether oxygens (including phenoxy) is 1. The van der Waals surface area contributed by atoms with Crippen LogP contribution >= 0.6 is 0 Å². The number of H-pyrrole nitrogens is 1. The van der Waals surface area contributed by atoms with Gasteiger partial charge in [-0.05, 0) is 48.5 Å². The van der Waals surface area contributed by atoms with Crippen molar-refractivity contribution in [3.05, 3.63) is 84.4 Å². The number of methoxy groups -OCH3 is 1. The van der Waals surface area contributed by atoms with E-state index < -0.39 is 0 Å². The van der Waals surface area contributed by atoms with Gasteiger partial charge in [0.25, 0.3) is 0 Å². The predicted molar refractivity (Wildman–Crippen MR) is 112 cm³/mol. The van der Waals surface area contributed by atoms with Gasteiger partial charge in [-0.15, -0.1) is 0 Å². The van der Waals surface area contributed by atoms with Crippen molar-refractivity contribution in [1.29, 1.82) is 0 Å². The van der Waals surface area contributed by atoms with Crippen LogP contribution in [0.5, 0.6) is 5.75 Å². The zero-order valence-electron chi connectivity index (χ0n) is 15.3. The van der Waals surface area contributed by atoms with E-state index in [-0.39, 0.29) is 5.91 Å². The molecular formula is C23H19N3O2. The quantitative estimate of drug-likeness (QED) is 0.492. The maximum absolute atomic E-state index is 12.2. The number of rotatable bonds is 5. The van der Waals surface area contributed by atoms with Crippen LogP contribution in [0.25, 0.3) is 28.5 Å². The van der Waals surface area contributed by atoms with Crippen LogP contribution in [0.3, 0.4) is 0 Å². The summed E-state index contributed by atoms with van der Waals surface area (Å²) in [6, 6.07) is 23.0. The van der Waals surface area contributed by atoms with Gasteiger partial charge in [-0.1, -0.05) is 30.3 Å². The van der Waals surface area contributed by atoms with Crippen LogP contribution in [-0.4, -0.2) is 23.0 Å². The smallest absolute Gasteiger partial charge is 0.248 e. The lowest BCUT2D eigenvalue weighted by Crippen LogP contribution is -2.07. The van der Waals surface area contributed by atoms with Crippen LogP contribution < -0.4 is 10.1 Å². The van der Waals surface area contributed by atoms with Crippen molar-refractivity contribution in [3.63, 3.8) is 0 Å². The van der Waals surface area contributed by atoms with Crippen molar-refractivity contribution in [3.8, 4) is 17.1 Å². The van der Waals surface area contributed by atoms with E-state index in [1.807, 2.05) is 72.8 Å². The van der Waals surface area contributed by atoms with E-state index in [0.29, 0.717) is 0 Å². The SMILES string of the molecule is COc1ccccc1/C=C/C(=O)Nc1ccc(-c2nc3ccccc3[nH]2)cc1. The minimum Gasteiger partial charge on any atom is -0.496 e. The van der Waals surface area contributed by atoms with Gasteiger partial charge >= 0.3 is 0 Å². The summed E-state index contributed by atoms with van der Waals surface area (Å²) in [5.74, 6) is 1.32. The minimum atomic E-state index is -0.206. The zero-order valence-corrected chi connectivity index (χ0v) is 15.3. The summed E-state index contributed by atoms with van der Waals surface area (Å²) in [6.07, 6.45) is 3.22. The Morgan fingerprint density at radius 1 is 1.00 bits per heavy atom. The van der Waals surface area contributed by atoms with Crippen molar-refractivity contribution in [2.24, 2.45) is 0 Å². The Hall–Kier alpha value is -3.86. The Balaban J connectivity index is 1.45. The second-order valence-corrected chi connectivity index (χ2v) is 6.24. The number of para-hydroxylation sites is 3. The Labute approximate surface area is 162 Å². The molecule has 1 heterocycles. The van der Waals surface area contributed by atoms with Crippen LogP contribution in [0.1, 0.15) is 5.56 Å². The van der Waals surface area contributed by atoms with Gasteiger partial charge in [-0.25, -0.2) is 4.98 Å². The van der Waals surface area contributed by atoms with E-state index >= 15 is 0 Å². The first-order valence-electron chi connectivity index (χ1n) is 8.90. The summed E-state index contributed by atoms with van der Waals surface area (Å²) in [5, 5.41) is 2.86. The molecule has 28 heavy (non-hydrogen) atoms. The van der Waals surface area contributed by atoms with Gasteiger partial charge in [0.2, 0.25) is 5.91 Å². The van der Waals surface area contributed by atoms with Crippen LogP contribution in [0.4, 0.5) is 5.69 Å². The number of benzene rings is 3. The molecule has 0 atom stereocenters. The molecule has 0 unspecified atom stereocenters. The zero-order chi connectivity index (χ0) is 19.3. The molecule has 1 aromatic heterocycles. The third-order valence-corrected chi connectivity index (χ3v) is 4.37. The van der Waals surface area contributed by atoms with Gasteiger partial charge in [-0.2, -0.15) is 0 Å². The topological polar surface area (TPSA) is 67.0 Å². The van der Waals surface area contributed by atoms with Crippen LogP contribution in [0.15, 0.2) is 78.9 Å². The molecule has 2 N–H and O–H groups in total. The molecule has 0 saturated heterocycles. The van der Waals surface area contributed by atoms with Gasteiger partial charge in [0, 0.05) is 22.9 Å². The number of carbonyl (C=O) groups excluding carboxylic acids is 1. The molecule has 138 valence electrons. The third kappa shape index (κ3) is 3.78. The monoisotopic (exact) mass is 369 g/mol. The number of hydrogen-bond donors (Lipinski definition) is 2. The number of nitrogens with zero attached hydrogens (tertiary/aromatic N) is 1. The molecule has 0 aliphatic carbocycles. The van der Waals surface area contributed by atoms with E-state index in [2.05, 4.69) is 15.3 Å². The van der Waals surface area contributed by atoms with Crippen molar-refractivity contribution in [2.45, 2.75) is 0 Å². The highest BCUT2D eigenvalue weighted by molar-refractivity contribution is 6.02. The number of imidazole rings is 1. The van der Waals surface area contributed by atoms with Gasteiger partial charge in [-0.3, -0.25) is 4.79 Å². The molecule has 0 radical (unpaired) electrons. The Morgan fingerprint density at radius 3 is 2.54 bits per heavy atom. The minimum absolute atomic E-state index is 0.206. The van der Waals surface area contributed by atoms with Crippen LogP contribution in [-0.2, 0) is 4.79 Å². The molecule has 0 aliphatic rings. The molecule has 0 spiro atoms. The van der Waals surface area contributed by atoms with E-state index in [9.17, 15) is 4.79 Å². The first-order valence-corrected chi connectivity index (χ1v) is 8.90. The lowest BCUT2D eigenvalue weighted by molar-refractivity contribution is -0.111. The van der Waals surface area contributed by atoms with E-state index in [1.165, 1.54) is 6.08 Å². The van der Waals surface area contributed by atoms with Crippen molar-refractivity contribution in [2.75, 3.05) is 12.4 Å². The highest BCUT2D eigenvalue weighted by Gasteiger charge is 2.05. The first kappa shape index (κ1) is 17.5. The predicted octanol–water partition coefficient (Wildman–Crippen LogP) is 4.89. The normalized spacial score (nSPS) is 11.0. The molecule has 0 fully saturated rings. The van der Waals surface area contributed by atoms with Crippen molar-refractivity contribution >= 4 is 28.7 Å². The summed E-state index contributed by atoms with van der Waals surface area (Å²) in [7, 11) is 1.61. The molecule has 1 amide bonds. The number of aromatic nitrogens is 2. The summed E-state index contributed by atoms with van der Waals surface area (Å²) in [4.78, 5) is 20.1. The summed E-state index contributed by atoms with van der Waals surface area (Å²) < 4.78 is 5.28. The molecule has 0 saturated carbocycles. The van der Waals surface area contributed by atoms with Crippen molar-refractivity contribution in [1.82, 2.24) is 9.97 Å². The van der Waals surface area contributed by atoms with Gasteiger partial charge in [0.15, 0.2) is 0 Å². The number of fused-ring (bicyclic) bond motifs is 1. The average molecular weight is 369 g/mol. The third-order valence-electron chi connectivity index (χ3n) is 4.37. The highest BCUT2D eigenvalue weighted by Crippen LogP contribution is 2.22. The fraction of sp³-hybridized carbons (Fsp3) is 0.0435. The lowest BCUT2D eigenvalue weighted by atomic mass is 10.2. The Morgan fingerprint density at radius 2 is 1.75 bits per heavy atom. The highest BCUT2D eigenvalue weighted by atomic mass is 16.5. The van der Waals surface area contributed by atoms with E-state index in [4.69, 9.17) is 4.74 Å². The number of nitrogens with one attached hydrogen (secondary N) is 2. The fourth-order valence-corrected chi connectivity index (χ4v) is 2.95. The molecular weight excluding hydrogens is 350 g/mol. The largest absolute Gasteiger partial charge is 0.496 e. The number of carbonyl (C=O) groups is 1. The molecule has 5 heteroatoms. The van der Waals surface area contributed by atoms with Gasteiger partial charge in [0.05, 0.1) is 18.1 Å². The molecule has 5 nitrogen and oxygen atoms in total. The van der Waals surface area contributed by atoms with Crippen molar-refractivity contribution < 1.29 is 9.53 Å². The first-order chi connectivity index (χ1) is 13.7. The maximum Gasteiger partial charge on any atom is 0.248 e. The second-order valence-electron chi connectivity index (χ2n) is 6.24. The second kappa shape index (κ2) is 7.80. The molecule has 0 bridgehead atoms. The Kier molecular flexibility index (Phi) is 4.89. The van der Waals surface area contributed by atoms with E-state index in [0.717, 1.165) is 39.4 Å². The average Bonchev–Trinajstić information content (AvgIpc) is 3.17. The van der Waals surface area contributed by atoms with Gasteiger partial charge < -0.3 is 15.0 Å². The summed E-state index contributed by atoms with van der Waals surface area (Å²) in [5.41, 5.74) is 4.45. The van der Waals surface area contributed by atoms with Crippen LogP contribution in [0.2, 0.25) is 0 Å². The fourth-order valence-electron chi connectivity index (χ4n) is 2.95. The van der Waals surface area contributed by atoms with Gasteiger partial charge in [0.1, 0.15) is 11.6 Å². The summed E-state index contributed by atoms with van der Waals surface area (Å²) in [6.45, 7) is 0. The number of anilines is 1. The number of hydrogen-bond acceptors (Lipinski definition) is 3.